The van der Waals surface area contributed by atoms with E-state index in [4.69, 9.17) is 10.1 Å². The Morgan fingerprint density at radius 1 is 1.33 bits per heavy atom. The molecule has 1 saturated heterocycles. The zero-order valence-corrected chi connectivity index (χ0v) is 15.2. The molecular weight excluding hydrogens is 322 g/mol. The van der Waals surface area contributed by atoms with E-state index in [1.807, 2.05) is 9.20 Å². The van der Waals surface area contributed by atoms with E-state index in [0.717, 1.165) is 35.4 Å². The Hall–Kier alpha value is -1.96. The van der Waals surface area contributed by atoms with Gasteiger partial charge in [-0.2, -0.15) is 5.10 Å². The van der Waals surface area contributed by atoms with Gasteiger partial charge in [0.25, 0.3) is 0 Å². The van der Waals surface area contributed by atoms with Crippen LogP contribution in [0, 0.1) is 5.92 Å². The molecule has 1 aliphatic rings. The average molecular weight is 345 g/mol. The van der Waals surface area contributed by atoms with Gasteiger partial charge in [-0.15, -0.1) is 5.10 Å². The zero-order chi connectivity index (χ0) is 16.7. The number of rotatable bonds is 3. The molecule has 3 aromatic rings. The summed E-state index contributed by atoms with van der Waals surface area (Å²) in [6.45, 7) is 9.55. The number of piperidine rings is 1. The van der Waals surface area contributed by atoms with Gasteiger partial charge < -0.3 is 4.90 Å². The van der Waals surface area contributed by atoms with Crippen LogP contribution in [0.1, 0.15) is 39.3 Å². The Kier molecular flexibility index (Phi) is 3.79. The molecule has 0 aromatic carbocycles. The molecular formula is C16H23N7S. The summed E-state index contributed by atoms with van der Waals surface area (Å²) in [6.07, 6.45) is 7.88. The van der Waals surface area contributed by atoms with Gasteiger partial charge in [-0.3, -0.25) is 4.68 Å². The van der Waals surface area contributed by atoms with Crippen molar-refractivity contribution in [3.8, 4) is 0 Å². The van der Waals surface area contributed by atoms with Gasteiger partial charge in [0.2, 0.25) is 10.1 Å². The van der Waals surface area contributed by atoms with Gasteiger partial charge in [0.05, 0.1) is 11.9 Å². The van der Waals surface area contributed by atoms with Gasteiger partial charge in [-0.05, 0) is 18.8 Å². The minimum atomic E-state index is 0.0571. The standard InChI is InChI=1S/C16H23N7S/c1-16(2,3)13-9-23-14(19-13)24-15(20-23)21-6-4-5-12(7-21)8-22-11-17-10-18-22/h9-12H,4-8H2,1-3H3. The third kappa shape index (κ3) is 3.02. The summed E-state index contributed by atoms with van der Waals surface area (Å²) < 4.78 is 3.86. The third-order valence-electron chi connectivity index (χ3n) is 4.50. The van der Waals surface area contributed by atoms with Crippen LogP contribution in [-0.4, -0.2) is 42.5 Å². The van der Waals surface area contributed by atoms with Crippen molar-refractivity contribution < 1.29 is 0 Å². The fourth-order valence-corrected chi connectivity index (χ4v) is 4.08. The number of imidazole rings is 1. The summed E-state index contributed by atoms with van der Waals surface area (Å²) in [5, 5.41) is 10.1. The van der Waals surface area contributed by atoms with Crippen LogP contribution >= 0.6 is 11.3 Å². The molecule has 8 heteroatoms. The molecule has 1 fully saturated rings. The minimum Gasteiger partial charge on any atom is -0.346 e. The highest BCUT2D eigenvalue weighted by Crippen LogP contribution is 2.30. The van der Waals surface area contributed by atoms with Crippen LogP contribution in [0.25, 0.3) is 4.96 Å². The lowest BCUT2D eigenvalue weighted by molar-refractivity contribution is 0.351. The topological polar surface area (TPSA) is 64.1 Å². The second-order valence-corrected chi connectivity index (χ2v) is 8.49. The van der Waals surface area contributed by atoms with E-state index in [1.54, 1.807) is 24.0 Å². The van der Waals surface area contributed by atoms with Gasteiger partial charge >= 0.3 is 0 Å². The van der Waals surface area contributed by atoms with Crippen LogP contribution in [0.15, 0.2) is 18.9 Å². The fourth-order valence-electron chi connectivity index (χ4n) is 3.16. The molecule has 1 atom stereocenters. The van der Waals surface area contributed by atoms with E-state index in [1.165, 1.54) is 12.8 Å². The number of nitrogens with zero attached hydrogens (tertiary/aromatic N) is 7. The van der Waals surface area contributed by atoms with Crippen molar-refractivity contribution in [2.75, 3.05) is 18.0 Å². The Bertz CT molecular complexity index is 780. The van der Waals surface area contributed by atoms with E-state index in [9.17, 15) is 0 Å². The van der Waals surface area contributed by atoms with Crippen molar-refractivity contribution in [2.24, 2.45) is 5.92 Å². The molecule has 0 spiro atoms. The molecule has 7 nitrogen and oxygen atoms in total. The van der Waals surface area contributed by atoms with Crippen molar-refractivity contribution in [1.29, 1.82) is 0 Å². The molecule has 0 saturated carbocycles. The monoisotopic (exact) mass is 345 g/mol. The summed E-state index contributed by atoms with van der Waals surface area (Å²) in [5.41, 5.74) is 1.15. The molecule has 0 amide bonds. The van der Waals surface area contributed by atoms with Crippen LogP contribution < -0.4 is 4.90 Å². The smallest absolute Gasteiger partial charge is 0.214 e. The third-order valence-corrected chi connectivity index (χ3v) is 5.49. The Labute approximate surface area is 145 Å². The first-order valence-electron chi connectivity index (χ1n) is 8.43. The van der Waals surface area contributed by atoms with Gasteiger partial charge in [0.1, 0.15) is 12.7 Å². The van der Waals surface area contributed by atoms with Gasteiger partial charge in [-0.25, -0.2) is 14.5 Å². The predicted molar refractivity (Wildman–Crippen MR) is 94.5 cm³/mol. The van der Waals surface area contributed by atoms with E-state index < -0.39 is 0 Å². The van der Waals surface area contributed by atoms with Crippen LogP contribution in [0.5, 0.6) is 0 Å². The van der Waals surface area contributed by atoms with Crippen LogP contribution in [0.3, 0.4) is 0 Å². The Morgan fingerprint density at radius 2 is 2.21 bits per heavy atom. The molecule has 4 heterocycles. The molecule has 0 radical (unpaired) electrons. The van der Waals surface area contributed by atoms with Crippen molar-refractivity contribution >= 4 is 21.4 Å². The summed E-state index contributed by atoms with van der Waals surface area (Å²) in [7, 11) is 0. The van der Waals surface area contributed by atoms with Crippen molar-refractivity contribution in [2.45, 2.75) is 45.6 Å². The number of fused-ring (bicyclic) bond motifs is 1. The highest BCUT2D eigenvalue weighted by atomic mass is 32.1. The number of aromatic nitrogens is 6. The molecule has 0 aliphatic carbocycles. The first kappa shape index (κ1) is 15.6. The number of anilines is 1. The van der Waals surface area contributed by atoms with E-state index in [0.29, 0.717) is 5.92 Å². The molecule has 1 unspecified atom stereocenters. The van der Waals surface area contributed by atoms with Crippen LogP contribution in [0.2, 0.25) is 0 Å². The second kappa shape index (κ2) is 5.84. The van der Waals surface area contributed by atoms with Crippen LogP contribution in [-0.2, 0) is 12.0 Å². The number of hydrogen-bond donors (Lipinski definition) is 0. The lowest BCUT2D eigenvalue weighted by atomic mass is 9.93. The first-order chi connectivity index (χ1) is 11.5. The summed E-state index contributed by atoms with van der Waals surface area (Å²) >= 11 is 1.68. The van der Waals surface area contributed by atoms with Gasteiger partial charge in [0, 0.05) is 25.0 Å². The predicted octanol–water partition coefficient (Wildman–Crippen LogP) is 2.60. The second-order valence-electron chi connectivity index (χ2n) is 7.56. The fraction of sp³-hybridized carbons (Fsp3) is 0.625. The highest BCUT2D eigenvalue weighted by molar-refractivity contribution is 7.20. The summed E-state index contributed by atoms with van der Waals surface area (Å²) in [4.78, 5) is 12.2. The maximum atomic E-state index is 4.77. The molecule has 128 valence electrons. The Balaban J connectivity index is 1.50. The normalized spacial score (nSPS) is 19.3. The van der Waals surface area contributed by atoms with Crippen LogP contribution in [0.4, 0.5) is 5.13 Å². The summed E-state index contributed by atoms with van der Waals surface area (Å²) in [6, 6.07) is 0. The van der Waals surface area contributed by atoms with Crippen molar-refractivity contribution in [3.63, 3.8) is 0 Å². The van der Waals surface area contributed by atoms with Gasteiger partial charge in [0.15, 0.2) is 0 Å². The molecule has 24 heavy (non-hydrogen) atoms. The molecule has 4 rings (SSSR count). The molecule has 1 aliphatic heterocycles. The van der Waals surface area contributed by atoms with Crippen molar-refractivity contribution in [1.82, 2.24) is 29.4 Å². The lowest BCUT2D eigenvalue weighted by Crippen LogP contribution is -2.37. The highest BCUT2D eigenvalue weighted by Gasteiger charge is 2.25. The van der Waals surface area contributed by atoms with E-state index >= 15 is 0 Å². The maximum Gasteiger partial charge on any atom is 0.214 e. The van der Waals surface area contributed by atoms with E-state index in [-0.39, 0.29) is 5.41 Å². The van der Waals surface area contributed by atoms with Crippen molar-refractivity contribution in [3.05, 3.63) is 24.5 Å². The molecule has 3 aromatic heterocycles. The minimum absolute atomic E-state index is 0.0571. The Morgan fingerprint density at radius 3 is 2.92 bits per heavy atom. The first-order valence-corrected chi connectivity index (χ1v) is 9.25. The zero-order valence-electron chi connectivity index (χ0n) is 14.4. The number of hydrogen-bond acceptors (Lipinski definition) is 6. The molecule has 0 bridgehead atoms. The summed E-state index contributed by atoms with van der Waals surface area (Å²) in [5.74, 6) is 0.585. The quantitative estimate of drug-likeness (QED) is 0.730. The average Bonchev–Trinajstić information content (AvgIpc) is 3.21. The molecule has 0 N–H and O–H groups in total. The van der Waals surface area contributed by atoms with E-state index in [2.05, 4.69) is 42.0 Å². The SMILES string of the molecule is CC(C)(C)c1cn2nc(N3CCCC(Cn4cncn4)C3)sc2n1. The largest absolute Gasteiger partial charge is 0.346 e. The lowest BCUT2D eigenvalue weighted by Gasteiger charge is -2.32. The maximum absolute atomic E-state index is 4.77. The van der Waals surface area contributed by atoms with Gasteiger partial charge in [-0.1, -0.05) is 32.1 Å².